The number of rotatable bonds is 6. The molecule has 21 heavy (non-hydrogen) atoms. The number of para-hydroxylation sites is 1. The molecule has 0 unspecified atom stereocenters. The maximum atomic E-state index is 11.0. The second kappa shape index (κ2) is 7.33. The first-order chi connectivity index (χ1) is 10.1. The second-order valence-electron chi connectivity index (χ2n) is 4.20. The van der Waals surface area contributed by atoms with Crippen molar-refractivity contribution in [2.24, 2.45) is 0 Å². The van der Waals surface area contributed by atoms with Gasteiger partial charge in [-0.2, -0.15) is 0 Å². The Labute approximate surface area is 135 Å². The van der Waals surface area contributed by atoms with Crippen molar-refractivity contribution in [2.75, 3.05) is 18.5 Å². The molecule has 0 saturated carbocycles. The molecule has 0 aromatic heterocycles. The molecule has 110 valence electrons. The molecule has 2 aromatic rings. The number of halogens is 2. The Morgan fingerprint density at radius 1 is 1.29 bits per heavy atom. The van der Waals surface area contributed by atoms with Gasteiger partial charge in [0.05, 0.1) is 10.7 Å². The van der Waals surface area contributed by atoms with Gasteiger partial charge in [0.15, 0.2) is 0 Å². The lowest BCUT2D eigenvalue weighted by molar-refractivity contribution is 0.0692. The van der Waals surface area contributed by atoms with Crippen molar-refractivity contribution in [2.45, 2.75) is 0 Å². The van der Waals surface area contributed by atoms with Crippen LogP contribution < -0.4 is 10.1 Å². The molecule has 0 aliphatic heterocycles. The zero-order valence-corrected chi connectivity index (χ0v) is 13.3. The lowest BCUT2D eigenvalue weighted by Gasteiger charge is -2.11. The van der Waals surface area contributed by atoms with E-state index in [0.29, 0.717) is 23.9 Å². The average Bonchev–Trinajstić information content (AvgIpc) is 2.47. The highest BCUT2D eigenvalue weighted by Crippen LogP contribution is 2.25. The SMILES string of the molecule is O=C(O)c1ccccc1OCCNc1cc(Br)ccc1Cl. The van der Waals surface area contributed by atoms with E-state index >= 15 is 0 Å². The van der Waals surface area contributed by atoms with Crippen LogP contribution in [0.2, 0.25) is 5.02 Å². The fraction of sp³-hybridized carbons (Fsp3) is 0.133. The third-order valence-corrected chi connectivity index (χ3v) is 3.54. The van der Waals surface area contributed by atoms with Gasteiger partial charge >= 0.3 is 5.97 Å². The Bertz CT molecular complexity index is 649. The summed E-state index contributed by atoms with van der Waals surface area (Å²) < 4.78 is 6.41. The fourth-order valence-electron chi connectivity index (χ4n) is 1.75. The minimum absolute atomic E-state index is 0.151. The van der Waals surface area contributed by atoms with Crippen LogP contribution in [0.1, 0.15) is 10.4 Å². The van der Waals surface area contributed by atoms with Gasteiger partial charge in [-0.3, -0.25) is 0 Å². The number of hydrogen-bond acceptors (Lipinski definition) is 3. The predicted octanol–water partition coefficient (Wildman–Crippen LogP) is 4.29. The standard InChI is InChI=1S/C15H13BrClNO3/c16-10-5-6-12(17)13(9-10)18-7-8-21-14-4-2-1-3-11(14)15(19)20/h1-6,9,18H,7-8H2,(H,19,20). The minimum Gasteiger partial charge on any atom is -0.491 e. The van der Waals surface area contributed by atoms with Crippen molar-refractivity contribution < 1.29 is 14.6 Å². The molecule has 0 amide bonds. The molecule has 0 radical (unpaired) electrons. The van der Waals surface area contributed by atoms with Gasteiger partial charge in [0.25, 0.3) is 0 Å². The summed E-state index contributed by atoms with van der Waals surface area (Å²) in [4.78, 5) is 11.0. The molecule has 4 nitrogen and oxygen atoms in total. The minimum atomic E-state index is -1.01. The predicted molar refractivity (Wildman–Crippen MR) is 86.5 cm³/mol. The Balaban J connectivity index is 1.91. The van der Waals surface area contributed by atoms with Gasteiger partial charge < -0.3 is 15.2 Å². The fourth-order valence-corrected chi connectivity index (χ4v) is 2.29. The van der Waals surface area contributed by atoms with E-state index in [1.165, 1.54) is 6.07 Å². The van der Waals surface area contributed by atoms with E-state index in [4.69, 9.17) is 21.4 Å². The maximum absolute atomic E-state index is 11.0. The first-order valence-corrected chi connectivity index (χ1v) is 7.39. The summed E-state index contributed by atoms with van der Waals surface area (Å²) in [6, 6.07) is 12.1. The van der Waals surface area contributed by atoms with Gasteiger partial charge in [0.1, 0.15) is 17.9 Å². The Hall–Kier alpha value is -1.72. The number of ether oxygens (including phenoxy) is 1. The van der Waals surface area contributed by atoms with Gasteiger partial charge in [-0.25, -0.2) is 4.79 Å². The molecule has 0 aliphatic carbocycles. The molecule has 6 heteroatoms. The van der Waals surface area contributed by atoms with Crippen LogP contribution in [-0.2, 0) is 0 Å². The highest BCUT2D eigenvalue weighted by Gasteiger charge is 2.09. The Kier molecular flexibility index (Phi) is 5.47. The van der Waals surface area contributed by atoms with Crippen LogP contribution in [0.5, 0.6) is 5.75 Å². The van der Waals surface area contributed by atoms with E-state index in [0.717, 1.165) is 10.2 Å². The van der Waals surface area contributed by atoms with E-state index in [1.807, 2.05) is 12.1 Å². The summed E-state index contributed by atoms with van der Waals surface area (Å²) >= 11 is 9.43. The second-order valence-corrected chi connectivity index (χ2v) is 5.52. The van der Waals surface area contributed by atoms with Crippen molar-refractivity contribution in [3.8, 4) is 5.75 Å². The van der Waals surface area contributed by atoms with Crippen molar-refractivity contribution in [1.29, 1.82) is 0 Å². The molecule has 0 atom stereocenters. The number of benzene rings is 2. The number of carboxylic acid groups (broad SMARTS) is 1. The Morgan fingerprint density at radius 2 is 2.05 bits per heavy atom. The number of anilines is 1. The summed E-state index contributed by atoms with van der Waals surface area (Å²) in [5.74, 6) is -0.652. The first kappa shape index (κ1) is 15.7. The third kappa shape index (κ3) is 4.37. The zero-order chi connectivity index (χ0) is 15.2. The lowest BCUT2D eigenvalue weighted by atomic mass is 10.2. The molecule has 2 N–H and O–H groups in total. The topological polar surface area (TPSA) is 58.6 Å². The molecule has 0 aliphatic rings. The maximum Gasteiger partial charge on any atom is 0.339 e. The average molecular weight is 371 g/mol. The summed E-state index contributed by atoms with van der Waals surface area (Å²) in [6.07, 6.45) is 0. The first-order valence-electron chi connectivity index (χ1n) is 6.22. The molecule has 0 fully saturated rings. The van der Waals surface area contributed by atoms with E-state index < -0.39 is 5.97 Å². The van der Waals surface area contributed by atoms with E-state index in [-0.39, 0.29) is 5.56 Å². The van der Waals surface area contributed by atoms with Crippen LogP contribution in [0.3, 0.4) is 0 Å². The van der Waals surface area contributed by atoms with Crippen LogP contribution >= 0.6 is 27.5 Å². The molecule has 2 aromatic carbocycles. The van der Waals surface area contributed by atoms with Gasteiger partial charge in [-0.1, -0.05) is 39.7 Å². The monoisotopic (exact) mass is 369 g/mol. The summed E-state index contributed by atoms with van der Waals surface area (Å²) in [5, 5.41) is 12.8. The number of aromatic carboxylic acids is 1. The van der Waals surface area contributed by atoms with Gasteiger partial charge in [-0.15, -0.1) is 0 Å². The quantitative estimate of drug-likeness (QED) is 0.745. The highest BCUT2D eigenvalue weighted by molar-refractivity contribution is 9.10. The van der Waals surface area contributed by atoms with Crippen LogP contribution in [0, 0.1) is 0 Å². The largest absolute Gasteiger partial charge is 0.491 e. The Morgan fingerprint density at radius 3 is 2.81 bits per heavy atom. The molecular weight excluding hydrogens is 358 g/mol. The van der Waals surface area contributed by atoms with Gasteiger partial charge in [0, 0.05) is 11.0 Å². The molecule has 0 bridgehead atoms. The van der Waals surface area contributed by atoms with Crippen molar-refractivity contribution in [1.82, 2.24) is 0 Å². The van der Waals surface area contributed by atoms with E-state index in [9.17, 15) is 4.79 Å². The lowest BCUT2D eigenvalue weighted by Crippen LogP contribution is -2.13. The van der Waals surface area contributed by atoms with E-state index in [1.54, 1.807) is 24.3 Å². The third-order valence-electron chi connectivity index (χ3n) is 2.72. The molecular formula is C15H13BrClNO3. The van der Waals surface area contributed by atoms with Crippen LogP contribution in [0.4, 0.5) is 5.69 Å². The van der Waals surface area contributed by atoms with Crippen LogP contribution in [0.25, 0.3) is 0 Å². The summed E-state index contributed by atoms with van der Waals surface area (Å²) in [6.45, 7) is 0.831. The van der Waals surface area contributed by atoms with E-state index in [2.05, 4.69) is 21.2 Å². The van der Waals surface area contributed by atoms with Gasteiger partial charge in [-0.05, 0) is 30.3 Å². The highest BCUT2D eigenvalue weighted by atomic mass is 79.9. The zero-order valence-electron chi connectivity index (χ0n) is 11.0. The number of carbonyl (C=O) groups is 1. The summed E-state index contributed by atoms with van der Waals surface area (Å²) in [7, 11) is 0. The van der Waals surface area contributed by atoms with Crippen LogP contribution in [-0.4, -0.2) is 24.2 Å². The summed E-state index contributed by atoms with van der Waals surface area (Å²) in [5.41, 5.74) is 0.944. The molecule has 0 saturated heterocycles. The number of hydrogen-bond donors (Lipinski definition) is 2. The molecule has 0 spiro atoms. The van der Waals surface area contributed by atoms with Gasteiger partial charge in [0.2, 0.25) is 0 Å². The molecule has 0 heterocycles. The smallest absolute Gasteiger partial charge is 0.339 e. The number of carboxylic acids is 1. The normalized spacial score (nSPS) is 10.2. The van der Waals surface area contributed by atoms with Crippen molar-refractivity contribution in [3.05, 3.63) is 57.5 Å². The molecule has 2 rings (SSSR count). The number of nitrogens with one attached hydrogen (secondary N) is 1. The van der Waals surface area contributed by atoms with Crippen LogP contribution in [0.15, 0.2) is 46.9 Å². The van der Waals surface area contributed by atoms with Crippen molar-refractivity contribution >= 4 is 39.2 Å². The van der Waals surface area contributed by atoms with Crippen molar-refractivity contribution in [3.63, 3.8) is 0 Å².